The molecule has 0 aromatic heterocycles. The summed E-state index contributed by atoms with van der Waals surface area (Å²) in [7, 11) is -3.62. The lowest BCUT2D eigenvalue weighted by Gasteiger charge is -2.29. The van der Waals surface area contributed by atoms with Gasteiger partial charge >= 0.3 is 13.6 Å². The normalized spacial score (nSPS) is 18.2. The molecule has 134 valence electrons. The van der Waals surface area contributed by atoms with Crippen LogP contribution in [0.3, 0.4) is 0 Å². The third-order valence-electron chi connectivity index (χ3n) is 4.10. The van der Waals surface area contributed by atoms with E-state index in [1.54, 1.807) is 20.8 Å². The maximum absolute atomic E-state index is 13.3. The summed E-state index contributed by atoms with van der Waals surface area (Å²) < 4.78 is 30.5. The van der Waals surface area contributed by atoms with Crippen LogP contribution in [0.1, 0.15) is 44.2 Å². The zero-order chi connectivity index (χ0) is 17.7. The molecule has 0 amide bonds. The average Bonchev–Trinajstić information content (AvgIpc) is 2.91. The zero-order valence-corrected chi connectivity index (χ0v) is 16.8. The summed E-state index contributed by atoms with van der Waals surface area (Å²) in [6, 6.07) is 5.96. The van der Waals surface area contributed by atoms with Crippen molar-refractivity contribution in [2.45, 2.75) is 45.2 Å². The molecule has 0 N–H and O–H groups in total. The standard InChI is InChI=1S/C17H24BrO5P/c1-4-21-17(19)16(24(20,22-5-2)23-6-3)15-9-7-12-11-13(18)8-10-14(12)15/h8,10-11,15-16H,4-7,9H2,1-3H3. The number of esters is 1. The SMILES string of the molecule is CCOC(=O)C(C1CCc2cc(Br)ccc21)P(=O)(OCC)OCC. The molecule has 2 rings (SSSR count). The van der Waals surface area contributed by atoms with Crippen molar-refractivity contribution >= 4 is 29.5 Å². The minimum Gasteiger partial charge on any atom is -0.465 e. The minimum absolute atomic E-state index is 0.215. The molecule has 0 aliphatic heterocycles. The maximum atomic E-state index is 13.3. The number of halogens is 1. The van der Waals surface area contributed by atoms with E-state index in [0.29, 0.717) is 0 Å². The smallest absolute Gasteiger partial charge is 0.345 e. The van der Waals surface area contributed by atoms with Crippen LogP contribution in [0.25, 0.3) is 0 Å². The maximum Gasteiger partial charge on any atom is 0.345 e. The first kappa shape index (κ1) is 19.6. The van der Waals surface area contributed by atoms with Gasteiger partial charge in [0, 0.05) is 10.4 Å². The van der Waals surface area contributed by atoms with Crippen LogP contribution in [0, 0.1) is 0 Å². The first-order valence-corrected chi connectivity index (χ1v) is 10.7. The Morgan fingerprint density at radius 2 is 1.92 bits per heavy atom. The Bertz CT molecular complexity index is 623. The fourth-order valence-electron chi connectivity index (χ4n) is 3.25. The van der Waals surface area contributed by atoms with E-state index in [1.807, 2.05) is 18.2 Å². The van der Waals surface area contributed by atoms with Crippen molar-refractivity contribution in [1.82, 2.24) is 0 Å². The second-order valence-corrected chi connectivity index (χ2v) is 8.63. The van der Waals surface area contributed by atoms with Gasteiger partial charge in [-0.2, -0.15) is 0 Å². The number of fused-ring (bicyclic) bond motifs is 1. The van der Waals surface area contributed by atoms with Gasteiger partial charge in [0.15, 0.2) is 5.66 Å². The molecule has 1 aliphatic rings. The molecular weight excluding hydrogens is 395 g/mol. The highest BCUT2D eigenvalue weighted by atomic mass is 79.9. The average molecular weight is 419 g/mol. The highest BCUT2D eigenvalue weighted by molar-refractivity contribution is 9.10. The van der Waals surface area contributed by atoms with Crippen molar-refractivity contribution in [3.05, 3.63) is 33.8 Å². The molecular formula is C17H24BrO5P. The van der Waals surface area contributed by atoms with Gasteiger partial charge in [-0.25, -0.2) is 0 Å². The van der Waals surface area contributed by atoms with Crippen LogP contribution in [-0.4, -0.2) is 31.4 Å². The molecule has 7 heteroatoms. The summed E-state index contributed by atoms with van der Waals surface area (Å²) in [5.74, 6) is -0.736. The Kier molecular flexibility index (Phi) is 7.05. The fourth-order valence-corrected chi connectivity index (χ4v) is 5.85. The van der Waals surface area contributed by atoms with E-state index in [2.05, 4.69) is 15.9 Å². The van der Waals surface area contributed by atoms with Crippen LogP contribution in [-0.2, 0) is 29.6 Å². The van der Waals surface area contributed by atoms with Crippen molar-refractivity contribution in [1.29, 1.82) is 0 Å². The monoisotopic (exact) mass is 418 g/mol. The lowest BCUT2D eigenvalue weighted by atomic mass is 9.97. The van der Waals surface area contributed by atoms with Crippen molar-refractivity contribution in [3.8, 4) is 0 Å². The van der Waals surface area contributed by atoms with Gasteiger partial charge in [-0.15, -0.1) is 0 Å². The number of carbonyl (C=O) groups excluding carboxylic acids is 1. The number of carbonyl (C=O) groups is 1. The third kappa shape index (κ3) is 4.10. The molecule has 1 aliphatic carbocycles. The first-order valence-electron chi connectivity index (χ1n) is 8.30. The summed E-state index contributed by atoms with van der Waals surface area (Å²) in [6.45, 7) is 5.88. The van der Waals surface area contributed by atoms with Crippen molar-refractivity contribution in [2.75, 3.05) is 19.8 Å². The topological polar surface area (TPSA) is 61.8 Å². The molecule has 1 aromatic carbocycles. The van der Waals surface area contributed by atoms with E-state index in [1.165, 1.54) is 0 Å². The number of ether oxygens (including phenoxy) is 1. The number of aryl methyl sites for hydroxylation is 1. The predicted octanol–water partition coefficient (Wildman–Crippen LogP) is 4.68. The molecule has 0 saturated carbocycles. The number of rotatable bonds is 8. The fraction of sp³-hybridized carbons (Fsp3) is 0.588. The number of hydrogen-bond donors (Lipinski definition) is 0. The molecule has 2 unspecified atom stereocenters. The summed E-state index contributed by atoms with van der Waals surface area (Å²) in [4.78, 5) is 12.6. The van der Waals surface area contributed by atoms with Crippen LogP contribution in [0.2, 0.25) is 0 Å². The van der Waals surface area contributed by atoms with E-state index in [0.717, 1.165) is 28.4 Å². The highest BCUT2D eigenvalue weighted by Crippen LogP contribution is 2.60. The number of hydrogen-bond acceptors (Lipinski definition) is 5. The van der Waals surface area contributed by atoms with Crippen molar-refractivity contribution < 1.29 is 23.1 Å². The van der Waals surface area contributed by atoms with Crippen LogP contribution >= 0.6 is 23.5 Å². The molecule has 0 fully saturated rings. The van der Waals surface area contributed by atoms with E-state index < -0.39 is 19.2 Å². The second-order valence-electron chi connectivity index (χ2n) is 5.56. The molecule has 0 spiro atoms. The lowest BCUT2D eigenvalue weighted by molar-refractivity contribution is -0.143. The molecule has 0 saturated heterocycles. The highest BCUT2D eigenvalue weighted by Gasteiger charge is 2.49. The van der Waals surface area contributed by atoms with Crippen LogP contribution in [0.15, 0.2) is 22.7 Å². The first-order chi connectivity index (χ1) is 11.5. The van der Waals surface area contributed by atoms with Crippen molar-refractivity contribution in [3.63, 3.8) is 0 Å². The van der Waals surface area contributed by atoms with Gasteiger partial charge in [0.1, 0.15) is 0 Å². The van der Waals surface area contributed by atoms with Gasteiger partial charge in [-0.3, -0.25) is 9.36 Å². The molecule has 0 radical (unpaired) electrons. The molecule has 5 nitrogen and oxygen atoms in total. The van der Waals surface area contributed by atoms with Gasteiger partial charge in [0.25, 0.3) is 0 Å². The Balaban J connectivity index is 2.45. The third-order valence-corrected chi connectivity index (χ3v) is 7.08. The molecule has 0 bridgehead atoms. The van der Waals surface area contributed by atoms with E-state index in [4.69, 9.17) is 13.8 Å². The Labute approximate surface area is 151 Å². The Morgan fingerprint density at radius 3 is 2.50 bits per heavy atom. The minimum atomic E-state index is -3.62. The van der Waals surface area contributed by atoms with E-state index >= 15 is 0 Å². The summed E-state index contributed by atoms with van der Waals surface area (Å²) in [5, 5.41) is 0. The van der Waals surface area contributed by atoms with E-state index in [9.17, 15) is 9.36 Å². The van der Waals surface area contributed by atoms with Crippen LogP contribution in [0.4, 0.5) is 0 Å². The second kappa shape index (κ2) is 8.61. The molecule has 0 heterocycles. The molecule has 24 heavy (non-hydrogen) atoms. The molecule has 1 aromatic rings. The number of benzene rings is 1. The van der Waals surface area contributed by atoms with Crippen molar-refractivity contribution in [2.24, 2.45) is 0 Å². The summed E-state index contributed by atoms with van der Waals surface area (Å²) in [5.41, 5.74) is 1.25. The lowest BCUT2D eigenvalue weighted by Crippen LogP contribution is -2.31. The van der Waals surface area contributed by atoms with E-state index in [-0.39, 0.29) is 25.7 Å². The van der Waals surface area contributed by atoms with Gasteiger partial charge in [0.2, 0.25) is 0 Å². The Morgan fingerprint density at radius 1 is 1.25 bits per heavy atom. The zero-order valence-electron chi connectivity index (χ0n) is 14.3. The quantitative estimate of drug-likeness (QED) is 0.453. The Hall–Kier alpha value is -0.680. The van der Waals surface area contributed by atoms with Crippen LogP contribution < -0.4 is 0 Å². The molecule has 2 atom stereocenters. The largest absolute Gasteiger partial charge is 0.465 e. The van der Waals surface area contributed by atoms with Gasteiger partial charge in [0.05, 0.1) is 19.8 Å². The summed E-state index contributed by atoms with van der Waals surface area (Å²) in [6.07, 6.45) is 1.55. The van der Waals surface area contributed by atoms with Gasteiger partial charge in [-0.1, -0.05) is 22.0 Å². The summed E-state index contributed by atoms with van der Waals surface area (Å²) >= 11 is 3.47. The van der Waals surface area contributed by atoms with Crippen LogP contribution in [0.5, 0.6) is 0 Å². The predicted molar refractivity (Wildman–Crippen MR) is 96.5 cm³/mol. The van der Waals surface area contributed by atoms with Gasteiger partial charge < -0.3 is 13.8 Å². The van der Waals surface area contributed by atoms with Gasteiger partial charge in [-0.05, 0) is 56.9 Å².